The molecule has 1 amide bonds. The number of carbonyl (C=O) groups excluding carboxylic acids is 1. The fourth-order valence-corrected chi connectivity index (χ4v) is 2.44. The van der Waals surface area contributed by atoms with Gasteiger partial charge in [-0.3, -0.25) is 4.79 Å². The summed E-state index contributed by atoms with van der Waals surface area (Å²) in [6, 6.07) is 7.51. The second-order valence-corrected chi connectivity index (χ2v) is 5.63. The number of nitrogens with one attached hydrogen (secondary N) is 1. The molecule has 0 aromatic heterocycles. The fourth-order valence-electron chi connectivity index (χ4n) is 2.44. The van der Waals surface area contributed by atoms with Crippen LogP contribution in [0, 0.1) is 0 Å². The minimum atomic E-state index is -1.34. The summed E-state index contributed by atoms with van der Waals surface area (Å²) in [5, 5.41) is 14.6. The highest BCUT2D eigenvalue weighted by Gasteiger charge is 2.33. The van der Waals surface area contributed by atoms with Crippen LogP contribution >= 0.6 is 0 Å². The Balaban J connectivity index is 2.75. The third-order valence-corrected chi connectivity index (χ3v) is 3.66. The molecule has 0 fully saturated rings. The number of ether oxygens (including phenoxy) is 1. The number of benzene rings is 1. The van der Waals surface area contributed by atoms with Gasteiger partial charge in [-0.1, -0.05) is 26.7 Å². The Morgan fingerprint density at radius 3 is 2.22 bits per heavy atom. The molecule has 0 bridgehead atoms. The van der Waals surface area contributed by atoms with Gasteiger partial charge in [0, 0.05) is 0 Å². The summed E-state index contributed by atoms with van der Waals surface area (Å²) in [6.07, 6.45) is 2.35. The van der Waals surface area contributed by atoms with Crippen molar-refractivity contribution < 1.29 is 14.6 Å². The van der Waals surface area contributed by atoms with E-state index in [0.29, 0.717) is 25.2 Å². The number of hydrogen-bond donors (Lipinski definition) is 2. The van der Waals surface area contributed by atoms with E-state index in [2.05, 4.69) is 10.5 Å². The molecule has 1 rings (SSSR count). The first-order valence-corrected chi connectivity index (χ1v) is 8.27. The first kappa shape index (κ1) is 19.2. The zero-order valence-corrected chi connectivity index (χ0v) is 14.6. The standard InChI is InChI=1S/C18H28N2O3/c1-5-12-18(22,13-6-2)17(21)20-19-14(4)15-8-10-16(11-9-15)23-7-3/h8-11,22H,5-7,12-13H2,1-4H3,(H,20,21)/b19-14+. The number of aliphatic hydroxyl groups is 1. The number of nitrogens with zero attached hydrogens (tertiary/aromatic N) is 1. The first-order chi connectivity index (χ1) is 11.0. The summed E-state index contributed by atoms with van der Waals surface area (Å²) in [7, 11) is 0. The van der Waals surface area contributed by atoms with Gasteiger partial charge in [-0.05, 0) is 56.5 Å². The second-order valence-electron chi connectivity index (χ2n) is 5.63. The minimum absolute atomic E-state index is 0.435. The van der Waals surface area contributed by atoms with Crippen molar-refractivity contribution in [2.24, 2.45) is 5.10 Å². The van der Waals surface area contributed by atoms with Crippen molar-refractivity contribution in [1.82, 2.24) is 5.43 Å². The highest BCUT2D eigenvalue weighted by atomic mass is 16.5. The quantitative estimate of drug-likeness (QED) is 0.542. The zero-order valence-electron chi connectivity index (χ0n) is 14.6. The van der Waals surface area contributed by atoms with Crippen molar-refractivity contribution >= 4 is 11.6 Å². The molecule has 0 aliphatic rings. The summed E-state index contributed by atoms with van der Waals surface area (Å²) < 4.78 is 5.39. The summed E-state index contributed by atoms with van der Waals surface area (Å²) in [5.41, 5.74) is 2.73. The average molecular weight is 320 g/mol. The Bertz CT molecular complexity index is 518. The SMILES string of the molecule is CCCC(O)(CCC)C(=O)N/N=C(\C)c1ccc(OCC)cc1. The van der Waals surface area contributed by atoms with Crippen LogP contribution in [0.25, 0.3) is 0 Å². The Morgan fingerprint density at radius 2 is 1.74 bits per heavy atom. The molecule has 5 heteroatoms. The Hall–Kier alpha value is -1.88. The molecule has 1 aromatic carbocycles. The Labute approximate surface area is 138 Å². The van der Waals surface area contributed by atoms with Crippen molar-refractivity contribution in [3.8, 4) is 5.75 Å². The number of hydrogen-bond acceptors (Lipinski definition) is 4. The van der Waals surface area contributed by atoms with Gasteiger partial charge in [-0.25, -0.2) is 5.43 Å². The number of hydrazone groups is 1. The predicted molar refractivity (Wildman–Crippen MR) is 92.7 cm³/mol. The Morgan fingerprint density at radius 1 is 1.17 bits per heavy atom. The van der Waals surface area contributed by atoms with E-state index in [1.807, 2.05) is 52.0 Å². The van der Waals surface area contributed by atoms with E-state index in [9.17, 15) is 9.90 Å². The fraction of sp³-hybridized carbons (Fsp3) is 0.556. The number of carbonyl (C=O) groups is 1. The summed E-state index contributed by atoms with van der Waals surface area (Å²) in [5.74, 6) is 0.361. The average Bonchev–Trinajstić information content (AvgIpc) is 2.53. The van der Waals surface area contributed by atoms with E-state index >= 15 is 0 Å². The van der Waals surface area contributed by atoms with Crippen LogP contribution in [0.2, 0.25) is 0 Å². The molecule has 0 radical (unpaired) electrons. The lowest BCUT2D eigenvalue weighted by atomic mass is 9.92. The van der Waals surface area contributed by atoms with E-state index in [-0.39, 0.29) is 0 Å². The van der Waals surface area contributed by atoms with Gasteiger partial charge in [0.05, 0.1) is 12.3 Å². The van der Waals surface area contributed by atoms with Crippen LogP contribution < -0.4 is 10.2 Å². The first-order valence-electron chi connectivity index (χ1n) is 8.27. The lowest BCUT2D eigenvalue weighted by Crippen LogP contribution is -2.45. The molecule has 0 unspecified atom stereocenters. The molecule has 5 nitrogen and oxygen atoms in total. The summed E-state index contributed by atoms with van der Waals surface area (Å²) in [6.45, 7) is 8.26. The van der Waals surface area contributed by atoms with Gasteiger partial charge < -0.3 is 9.84 Å². The topological polar surface area (TPSA) is 70.9 Å². The van der Waals surface area contributed by atoms with Crippen LogP contribution in [-0.4, -0.2) is 28.9 Å². The maximum atomic E-state index is 12.2. The molecule has 0 spiro atoms. The molecule has 1 aromatic rings. The lowest BCUT2D eigenvalue weighted by Gasteiger charge is -2.24. The molecule has 0 aliphatic heterocycles. The smallest absolute Gasteiger partial charge is 0.271 e. The third-order valence-electron chi connectivity index (χ3n) is 3.66. The summed E-state index contributed by atoms with van der Waals surface area (Å²) >= 11 is 0. The molecule has 0 saturated carbocycles. The molecule has 0 saturated heterocycles. The summed E-state index contributed by atoms with van der Waals surface area (Å²) in [4.78, 5) is 12.2. The van der Waals surface area contributed by atoms with Crippen LogP contribution in [0.15, 0.2) is 29.4 Å². The van der Waals surface area contributed by atoms with E-state index in [0.717, 1.165) is 24.2 Å². The van der Waals surface area contributed by atoms with Gasteiger partial charge in [0.2, 0.25) is 0 Å². The lowest BCUT2D eigenvalue weighted by molar-refractivity contribution is -0.141. The van der Waals surface area contributed by atoms with Crippen LogP contribution in [0.1, 0.15) is 58.9 Å². The van der Waals surface area contributed by atoms with Gasteiger partial charge in [0.1, 0.15) is 11.4 Å². The minimum Gasteiger partial charge on any atom is -0.494 e. The highest BCUT2D eigenvalue weighted by molar-refractivity contribution is 5.99. The van der Waals surface area contributed by atoms with Crippen molar-refractivity contribution in [2.45, 2.75) is 59.0 Å². The van der Waals surface area contributed by atoms with Gasteiger partial charge in [-0.2, -0.15) is 5.10 Å². The number of rotatable bonds is 9. The Kier molecular flexibility index (Phi) is 7.75. The van der Waals surface area contributed by atoms with Gasteiger partial charge >= 0.3 is 0 Å². The largest absolute Gasteiger partial charge is 0.494 e. The second kappa shape index (κ2) is 9.30. The monoisotopic (exact) mass is 320 g/mol. The maximum absolute atomic E-state index is 12.2. The van der Waals surface area contributed by atoms with Crippen molar-refractivity contribution in [2.75, 3.05) is 6.61 Å². The van der Waals surface area contributed by atoms with Crippen molar-refractivity contribution in [3.63, 3.8) is 0 Å². The van der Waals surface area contributed by atoms with Crippen LogP contribution in [0.5, 0.6) is 5.75 Å². The highest BCUT2D eigenvalue weighted by Crippen LogP contribution is 2.20. The van der Waals surface area contributed by atoms with Gasteiger partial charge in [-0.15, -0.1) is 0 Å². The van der Waals surface area contributed by atoms with Gasteiger partial charge in [0.15, 0.2) is 0 Å². The van der Waals surface area contributed by atoms with E-state index < -0.39 is 11.5 Å². The van der Waals surface area contributed by atoms with Crippen LogP contribution in [0.4, 0.5) is 0 Å². The van der Waals surface area contributed by atoms with Crippen LogP contribution in [0.3, 0.4) is 0 Å². The van der Waals surface area contributed by atoms with Crippen molar-refractivity contribution in [3.05, 3.63) is 29.8 Å². The molecular formula is C18H28N2O3. The maximum Gasteiger partial charge on any atom is 0.271 e. The molecule has 128 valence electrons. The molecule has 23 heavy (non-hydrogen) atoms. The zero-order chi connectivity index (χ0) is 17.3. The normalized spacial score (nSPS) is 12.1. The molecular weight excluding hydrogens is 292 g/mol. The van der Waals surface area contributed by atoms with E-state index in [1.165, 1.54) is 0 Å². The van der Waals surface area contributed by atoms with Crippen molar-refractivity contribution in [1.29, 1.82) is 0 Å². The number of amides is 1. The molecule has 0 atom stereocenters. The van der Waals surface area contributed by atoms with Gasteiger partial charge in [0.25, 0.3) is 5.91 Å². The third kappa shape index (κ3) is 5.67. The predicted octanol–water partition coefficient (Wildman–Crippen LogP) is 3.26. The molecule has 0 heterocycles. The molecule has 2 N–H and O–H groups in total. The molecule has 0 aliphatic carbocycles. The van der Waals surface area contributed by atoms with E-state index in [4.69, 9.17) is 4.74 Å². The van der Waals surface area contributed by atoms with Crippen LogP contribution in [-0.2, 0) is 4.79 Å². The van der Waals surface area contributed by atoms with E-state index in [1.54, 1.807) is 0 Å².